The number of ether oxygens (including phenoxy) is 1. The van der Waals surface area contributed by atoms with Crippen molar-refractivity contribution >= 4 is 0 Å². The van der Waals surface area contributed by atoms with Crippen LogP contribution >= 0.6 is 0 Å². The third kappa shape index (κ3) is 4.82. The summed E-state index contributed by atoms with van der Waals surface area (Å²) >= 11 is 0. The Kier molecular flexibility index (Phi) is 7.30. The molecule has 0 aliphatic carbocycles. The number of phenols is 1. The lowest BCUT2D eigenvalue weighted by Crippen LogP contribution is -2.69. The van der Waals surface area contributed by atoms with Gasteiger partial charge in [0.05, 0.1) is 0 Å². The van der Waals surface area contributed by atoms with Crippen molar-refractivity contribution in [1.82, 2.24) is 0 Å². The standard InChI is InChI=1S/C24H13F13O2/c25-19(26,20(27,28)21(29,30)22(31,32)23(33,34)24(35,36)37)14-7-11-16(12-8-14)39-15-9-5-13(6-10-15)17-3-1-2-4-18(17)38/h1-12,38H. The van der Waals surface area contributed by atoms with E-state index in [1.54, 1.807) is 18.2 Å². The van der Waals surface area contributed by atoms with Crippen LogP contribution in [0.25, 0.3) is 11.1 Å². The molecule has 0 atom stereocenters. The number of benzene rings is 3. The van der Waals surface area contributed by atoms with Crippen molar-refractivity contribution in [3.05, 3.63) is 78.4 Å². The molecular formula is C24H13F13O2. The summed E-state index contributed by atoms with van der Waals surface area (Å²) < 4.78 is 179. The fraction of sp³-hybridized carbons (Fsp3) is 0.250. The first-order chi connectivity index (χ1) is 17.7. The van der Waals surface area contributed by atoms with Gasteiger partial charge < -0.3 is 9.84 Å². The lowest BCUT2D eigenvalue weighted by molar-refractivity contribution is -0.441. The molecule has 0 radical (unpaired) electrons. The summed E-state index contributed by atoms with van der Waals surface area (Å²) in [5, 5.41) is 9.87. The van der Waals surface area contributed by atoms with Crippen molar-refractivity contribution < 1.29 is 66.9 Å². The van der Waals surface area contributed by atoms with Crippen molar-refractivity contribution in [2.75, 3.05) is 0 Å². The largest absolute Gasteiger partial charge is 0.507 e. The smallest absolute Gasteiger partial charge is 0.460 e. The van der Waals surface area contributed by atoms with E-state index in [2.05, 4.69) is 0 Å². The number of alkyl halides is 13. The molecule has 3 rings (SSSR count). The van der Waals surface area contributed by atoms with E-state index in [1.807, 2.05) is 0 Å². The van der Waals surface area contributed by atoms with E-state index < -0.39 is 41.4 Å². The lowest BCUT2D eigenvalue weighted by atomic mass is 9.90. The summed E-state index contributed by atoms with van der Waals surface area (Å²) in [5.41, 5.74) is -1.15. The van der Waals surface area contributed by atoms with Crippen LogP contribution in [-0.4, -0.2) is 35.0 Å². The second-order valence-electron chi connectivity index (χ2n) is 8.04. The van der Waals surface area contributed by atoms with Crippen molar-refractivity contribution in [1.29, 1.82) is 0 Å². The van der Waals surface area contributed by atoms with Crippen LogP contribution < -0.4 is 4.74 Å². The average Bonchev–Trinajstić information content (AvgIpc) is 2.84. The first-order valence-corrected chi connectivity index (χ1v) is 10.3. The molecule has 3 aromatic rings. The van der Waals surface area contributed by atoms with Gasteiger partial charge in [-0.15, -0.1) is 0 Å². The van der Waals surface area contributed by atoms with Crippen LogP contribution in [-0.2, 0) is 5.92 Å². The molecule has 15 heteroatoms. The topological polar surface area (TPSA) is 29.5 Å². The van der Waals surface area contributed by atoms with Gasteiger partial charge in [-0.2, -0.15) is 57.1 Å². The summed E-state index contributed by atoms with van der Waals surface area (Å²) in [6.45, 7) is 0. The van der Waals surface area contributed by atoms with E-state index in [9.17, 15) is 62.2 Å². The van der Waals surface area contributed by atoms with Gasteiger partial charge in [-0.1, -0.05) is 30.3 Å². The first kappa shape index (κ1) is 29.9. The Morgan fingerprint density at radius 3 is 1.38 bits per heavy atom. The highest BCUT2D eigenvalue weighted by atomic mass is 19.4. The van der Waals surface area contributed by atoms with Crippen molar-refractivity contribution in [3.63, 3.8) is 0 Å². The molecule has 2 nitrogen and oxygen atoms in total. The highest BCUT2D eigenvalue weighted by Crippen LogP contribution is 2.62. The van der Waals surface area contributed by atoms with Gasteiger partial charge in [0.1, 0.15) is 17.2 Å². The number of halogens is 13. The number of phenolic OH excluding ortho intramolecular Hbond substituents is 1. The maximum absolute atomic E-state index is 14.3. The number of rotatable bonds is 8. The predicted molar refractivity (Wildman–Crippen MR) is 110 cm³/mol. The van der Waals surface area contributed by atoms with E-state index >= 15 is 0 Å². The first-order valence-electron chi connectivity index (χ1n) is 10.3. The monoisotopic (exact) mass is 580 g/mol. The van der Waals surface area contributed by atoms with Crippen LogP contribution in [0.3, 0.4) is 0 Å². The highest BCUT2D eigenvalue weighted by molar-refractivity contribution is 5.70. The van der Waals surface area contributed by atoms with Gasteiger partial charge >= 0.3 is 35.8 Å². The zero-order valence-corrected chi connectivity index (χ0v) is 18.7. The van der Waals surface area contributed by atoms with Gasteiger partial charge in [-0.3, -0.25) is 0 Å². The third-order valence-electron chi connectivity index (χ3n) is 5.46. The molecule has 0 aliphatic rings. The minimum absolute atomic E-state index is 0.00967. The normalized spacial score (nSPS) is 13.9. The molecule has 0 amide bonds. The molecule has 212 valence electrons. The zero-order valence-electron chi connectivity index (χ0n) is 18.7. The van der Waals surface area contributed by atoms with E-state index in [4.69, 9.17) is 4.74 Å². The fourth-order valence-electron chi connectivity index (χ4n) is 3.24. The molecule has 0 aromatic heterocycles. The summed E-state index contributed by atoms with van der Waals surface area (Å²) in [6, 6.07) is 12.9. The maximum Gasteiger partial charge on any atom is 0.460 e. The van der Waals surface area contributed by atoms with E-state index in [0.29, 0.717) is 23.3 Å². The van der Waals surface area contributed by atoms with Crippen molar-refractivity contribution in [3.8, 4) is 28.4 Å². The molecule has 39 heavy (non-hydrogen) atoms. The molecule has 0 bridgehead atoms. The Balaban J connectivity index is 1.85. The summed E-state index contributed by atoms with van der Waals surface area (Å²) in [5.74, 6) is -37.8. The van der Waals surface area contributed by atoms with Crippen molar-refractivity contribution in [2.24, 2.45) is 0 Å². The van der Waals surface area contributed by atoms with Crippen LogP contribution in [0.15, 0.2) is 72.8 Å². The summed E-state index contributed by atoms with van der Waals surface area (Å²) in [6.07, 6.45) is -7.47. The van der Waals surface area contributed by atoms with Crippen LogP contribution in [0.4, 0.5) is 57.1 Å². The van der Waals surface area contributed by atoms with Gasteiger partial charge in [0.15, 0.2) is 0 Å². The van der Waals surface area contributed by atoms with Crippen molar-refractivity contribution in [2.45, 2.75) is 35.8 Å². The van der Waals surface area contributed by atoms with Gasteiger partial charge in [-0.25, -0.2) is 0 Å². The Bertz CT molecular complexity index is 1300. The van der Waals surface area contributed by atoms with Crippen LogP contribution in [0.1, 0.15) is 5.56 Å². The fourth-order valence-corrected chi connectivity index (χ4v) is 3.24. The molecule has 1 N–H and O–H groups in total. The van der Waals surface area contributed by atoms with E-state index in [-0.39, 0.29) is 29.4 Å². The number of hydrogen-bond acceptors (Lipinski definition) is 2. The van der Waals surface area contributed by atoms with Gasteiger partial charge in [0.25, 0.3) is 0 Å². The molecule has 0 spiro atoms. The lowest BCUT2D eigenvalue weighted by Gasteiger charge is -2.39. The highest BCUT2D eigenvalue weighted by Gasteiger charge is 2.90. The second-order valence-corrected chi connectivity index (χ2v) is 8.04. The Labute approximate surface area is 210 Å². The SMILES string of the molecule is Oc1ccccc1-c1ccc(Oc2ccc(C(F)(F)C(F)(F)C(F)(F)C(F)(F)C(F)(F)C(F)(F)F)cc2)cc1. The summed E-state index contributed by atoms with van der Waals surface area (Å²) in [7, 11) is 0. The molecule has 0 fully saturated rings. The molecule has 3 aromatic carbocycles. The Hall–Kier alpha value is -3.65. The molecule has 0 saturated carbocycles. The minimum atomic E-state index is -7.96. The van der Waals surface area contributed by atoms with Crippen LogP contribution in [0.2, 0.25) is 0 Å². The quantitative estimate of drug-likeness (QED) is 0.270. The van der Waals surface area contributed by atoms with Crippen LogP contribution in [0.5, 0.6) is 17.2 Å². The Morgan fingerprint density at radius 2 is 0.923 bits per heavy atom. The number of aromatic hydroxyl groups is 1. The zero-order chi connectivity index (χ0) is 29.7. The average molecular weight is 580 g/mol. The molecular weight excluding hydrogens is 567 g/mol. The number of hydrogen-bond donors (Lipinski definition) is 1. The van der Waals surface area contributed by atoms with Gasteiger partial charge in [0.2, 0.25) is 0 Å². The summed E-state index contributed by atoms with van der Waals surface area (Å²) in [4.78, 5) is 0. The van der Waals surface area contributed by atoms with E-state index in [1.165, 1.54) is 30.3 Å². The predicted octanol–water partition coefficient (Wildman–Crippen LogP) is 9.05. The van der Waals surface area contributed by atoms with Crippen LogP contribution in [0, 0.1) is 0 Å². The van der Waals surface area contributed by atoms with Gasteiger partial charge in [0, 0.05) is 11.1 Å². The van der Waals surface area contributed by atoms with E-state index in [0.717, 1.165) is 0 Å². The Morgan fingerprint density at radius 1 is 0.487 bits per heavy atom. The molecule has 0 unspecified atom stereocenters. The third-order valence-corrected chi connectivity index (χ3v) is 5.46. The maximum atomic E-state index is 14.3. The molecule has 0 aliphatic heterocycles. The minimum Gasteiger partial charge on any atom is -0.507 e. The number of para-hydroxylation sites is 1. The molecule has 0 saturated heterocycles. The molecule has 0 heterocycles. The second kappa shape index (κ2) is 9.52. The van der Waals surface area contributed by atoms with Gasteiger partial charge in [-0.05, 0) is 48.0 Å².